The molecule has 1 heterocycles. The number of hydrogen-bond acceptors (Lipinski definition) is 3. The zero-order chi connectivity index (χ0) is 14.3. The number of hydrogen-bond donors (Lipinski definition) is 0. The van der Waals surface area contributed by atoms with Crippen LogP contribution in [0.3, 0.4) is 0 Å². The van der Waals surface area contributed by atoms with Gasteiger partial charge in [0.05, 0.1) is 7.11 Å². The molecule has 19 heavy (non-hydrogen) atoms. The van der Waals surface area contributed by atoms with Crippen LogP contribution in [0, 0.1) is 0 Å². The molecule has 1 atom stereocenters. The highest BCUT2D eigenvalue weighted by Gasteiger charge is 2.34. The lowest BCUT2D eigenvalue weighted by molar-refractivity contribution is -0.137. The zero-order valence-corrected chi connectivity index (χ0v) is 12.4. The zero-order valence-electron chi connectivity index (χ0n) is 12.4. The molecule has 2 amide bonds. The molecule has 0 aromatic carbocycles. The summed E-state index contributed by atoms with van der Waals surface area (Å²) in [7, 11) is 1.37. The minimum absolute atomic E-state index is 0.0776. The van der Waals surface area contributed by atoms with Gasteiger partial charge in [0.25, 0.3) is 0 Å². The van der Waals surface area contributed by atoms with E-state index in [1.165, 1.54) is 7.11 Å². The number of ether oxygens (including phenoxy) is 1. The van der Waals surface area contributed by atoms with E-state index in [4.69, 9.17) is 4.74 Å². The van der Waals surface area contributed by atoms with E-state index in [1.807, 2.05) is 4.90 Å². The third-order valence-corrected chi connectivity index (χ3v) is 3.50. The van der Waals surface area contributed by atoms with Gasteiger partial charge in [-0.2, -0.15) is 0 Å². The molecule has 0 aromatic rings. The largest absolute Gasteiger partial charge is 0.453 e. The predicted octanol–water partition coefficient (Wildman–Crippen LogP) is 2.26. The fourth-order valence-electron chi connectivity index (χ4n) is 2.61. The summed E-state index contributed by atoms with van der Waals surface area (Å²) in [5.41, 5.74) is 0. The smallest absolute Gasteiger partial charge is 0.410 e. The van der Waals surface area contributed by atoms with Crippen molar-refractivity contribution in [3.8, 4) is 0 Å². The summed E-state index contributed by atoms with van der Waals surface area (Å²) < 4.78 is 4.79. The lowest BCUT2D eigenvalue weighted by Crippen LogP contribution is -2.53. The van der Waals surface area contributed by atoms with Crippen LogP contribution >= 0.6 is 0 Å². The van der Waals surface area contributed by atoms with Crippen LogP contribution in [0.15, 0.2) is 0 Å². The number of piperidine rings is 1. The number of rotatable bonds is 5. The lowest BCUT2D eigenvalue weighted by atomic mass is 10.0. The third kappa shape index (κ3) is 4.11. The number of carbonyl (C=O) groups excluding carboxylic acids is 2. The average molecular weight is 270 g/mol. The van der Waals surface area contributed by atoms with Crippen LogP contribution in [0.25, 0.3) is 0 Å². The monoisotopic (exact) mass is 270 g/mol. The van der Waals surface area contributed by atoms with Gasteiger partial charge in [-0.25, -0.2) is 4.79 Å². The minimum Gasteiger partial charge on any atom is -0.453 e. The summed E-state index contributed by atoms with van der Waals surface area (Å²) in [6, 6.07) is -0.334. The maximum absolute atomic E-state index is 12.6. The Balaban J connectivity index is 2.76. The first-order chi connectivity index (χ1) is 9.15. The molecule has 5 nitrogen and oxygen atoms in total. The van der Waals surface area contributed by atoms with Crippen LogP contribution in [-0.4, -0.2) is 54.6 Å². The Bertz CT molecular complexity index is 301. The molecule has 0 N–H and O–H groups in total. The molecule has 0 aliphatic carbocycles. The second kappa shape index (κ2) is 8.02. The first-order valence-electron chi connectivity index (χ1n) is 7.29. The molecule has 1 fully saturated rings. The van der Waals surface area contributed by atoms with Gasteiger partial charge in [0.2, 0.25) is 5.91 Å². The summed E-state index contributed by atoms with van der Waals surface area (Å²) in [5.74, 6) is 0.0776. The second-order valence-electron chi connectivity index (χ2n) is 5.00. The van der Waals surface area contributed by atoms with E-state index in [9.17, 15) is 9.59 Å². The molecule has 1 rings (SSSR count). The molecule has 0 bridgehead atoms. The first kappa shape index (κ1) is 15.8. The number of likely N-dealkylation sites (tertiary alicyclic amines) is 1. The quantitative estimate of drug-likeness (QED) is 0.770. The van der Waals surface area contributed by atoms with Crippen LogP contribution in [0.1, 0.15) is 46.0 Å². The molecule has 1 aliphatic heterocycles. The molecular weight excluding hydrogens is 244 g/mol. The second-order valence-corrected chi connectivity index (χ2v) is 5.00. The van der Waals surface area contributed by atoms with Gasteiger partial charge >= 0.3 is 6.09 Å². The molecule has 0 saturated carbocycles. The standard InChI is InChI=1S/C14H26N2O3/c1-4-9-15(10-5-2)13(17)12-8-6-7-11-16(12)14(18)19-3/h12H,4-11H2,1-3H3/t12-/m0/s1. The Hall–Kier alpha value is -1.26. The van der Waals surface area contributed by atoms with Crippen molar-refractivity contribution in [1.29, 1.82) is 0 Å². The van der Waals surface area contributed by atoms with E-state index < -0.39 is 0 Å². The fourth-order valence-corrected chi connectivity index (χ4v) is 2.61. The molecule has 1 saturated heterocycles. The molecule has 0 aromatic heterocycles. The summed E-state index contributed by atoms with van der Waals surface area (Å²) in [6.07, 6.45) is 4.19. The average Bonchev–Trinajstić information content (AvgIpc) is 2.45. The fraction of sp³-hybridized carbons (Fsp3) is 0.857. The number of methoxy groups -OCH3 is 1. The molecule has 110 valence electrons. The summed E-state index contributed by atoms with van der Waals surface area (Å²) in [5, 5.41) is 0. The highest BCUT2D eigenvalue weighted by atomic mass is 16.5. The van der Waals surface area contributed by atoms with E-state index in [1.54, 1.807) is 4.90 Å². The van der Waals surface area contributed by atoms with Gasteiger partial charge in [-0.1, -0.05) is 13.8 Å². The number of amides is 2. The van der Waals surface area contributed by atoms with Crippen molar-refractivity contribution in [2.75, 3.05) is 26.7 Å². The predicted molar refractivity (Wildman–Crippen MR) is 73.9 cm³/mol. The molecule has 5 heteroatoms. The van der Waals surface area contributed by atoms with Gasteiger partial charge in [0, 0.05) is 19.6 Å². The molecule has 0 unspecified atom stereocenters. The van der Waals surface area contributed by atoms with Gasteiger partial charge < -0.3 is 9.64 Å². The van der Waals surface area contributed by atoms with Crippen LogP contribution in [0.2, 0.25) is 0 Å². The molecule has 1 aliphatic rings. The first-order valence-corrected chi connectivity index (χ1v) is 7.29. The van der Waals surface area contributed by atoms with Crippen LogP contribution < -0.4 is 0 Å². The number of carbonyl (C=O) groups is 2. The van der Waals surface area contributed by atoms with E-state index in [-0.39, 0.29) is 18.0 Å². The lowest BCUT2D eigenvalue weighted by Gasteiger charge is -2.36. The van der Waals surface area contributed by atoms with Gasteiger partial charge in [0.1, 0.15) is 6.04 Å². The maximum Gasteiger partial charge on any atom is 0.410 e. The van der Waals surface area contributed by atoms with Gasteiger partial charge in [-0.05, 0) is 32.1 Å². The van der Waals surface area contributed by atoms with E-state index in [0.717, 1.165) is 45.2 Å². The highest BCUT2D eigenvalue weighted by molar-refractivity contribution is 5.86. The SMILES string of the molecule is CCCN(CCC)C(=O)[C@@H]1CCCCN1C(=O)OC. The Labute approximate surface area is 115 Å². The molecule has 0 spiro atoms. The molecular formula is C14H26N2O3. The van der Waals surface area contributed by atoms with Crippen molar-refractivity contribution in [1.82, 2.24) is 9.80 Å². The van der Waals surface area contributed by atoms with Crippen LogP contribution in [-0.2, 0) is 9.53 Å². The van der Waals surface area contributed by atoms with Gasteiger partial charge in [0.15, 0.2) is 0 Å². The summed E-state index contributed by atoms with van der Waals surface area (Å²) in [4.78, 5) is 27.8. The summed E-state index contributed by atoms with van der Waals surface area (Å²) in [6.45, 7) is 6.27. The van der Waals surface area contributed by atoms with Crippen molar-refractivity contribution >= 4 is 12.0 Å². The number of nitrogens with zero attached hydrogens (tertiary/aromatic N) is 2. The van der Waals surface area contributed by atoms with Crippen molar-refractivity contribution in [3.05, 3.63) is 0 Å². The topological polar surface area (TPSA) is 49.9 Å². The van der Waals surface area contributed by atoms with Crippen molar-refractivity contribution in [2.24, 2.45) is 0 Å². The van der Waals surface area contributed by atoms with Crippen molar-refractivity contribution in [3.63, 3.8) is 0 Å². The van der Waals surface area contributed by atoms with Crippen molar-refractivity contribution < 1.29 is 14.3 Å². The van der Waals surface area contributed by atoms with Crippen LogP contribution in [0.5, 0.6) is 0 Å². The van der Waals surface area contributed by atoms with Crippen molar-refractivity contribution in [2.45, 2.75) is 52.0 Å². The van der Waals surface area contributed by atoms with E-state index >= 15 is 0 Å². The minimum atomic E-state index is -0.383. The van der Waals surface area contributed by atoms with Gasteiger partial charge in [-0.3, -0.25) is 9.69 Å². The highest BCUT2D eigenvalue weighted by Crippen LogP contribution is 2.20. The van der Waals surface area contributed by atoms with Crippen LogP contribution in [0.4, 0.5) is 4.79 Å². The molecule has 0 radical (unpaired) electrons. The third-order valence-electron chi connectivity index (χ3n) is 3.50. The van der Waals surface area contributed by atoms with E-state index in [2.05, 4.69) is 13.8 Å². The Morgan fingerprint density at radius 1 is 1.21 bits per heavy atom. The normalized spacial score (nSPS) is 19.1. The maximum atomic E-state index is 12.6. The Kier molecular flexibility index (Phi) is 6.67. The summed E-state index contributed by atoms with van der Waals surface area (Å²) >= 11 is 0. The van der Waals surface area contributed by atoms with Gasteiger partial charge in [-0.15, -0.1) is 0 Å². The Morgan fingerprint density at radius 3 is 2.37 bits per heavy atom. The Morgan fingerprint density at radius 2 is 1.84 bits per heavy atom. The van der Waals surface area contributed by atoms with E-state index in [0.29, 0.717) is 6.54 Å².